The van der Waals surface area contributed by atoms with Crippen LogP contribution in [0.4, 0.5) is 26.3 Å². The van der Waals surface area contributed by atoms with E-state index in [1.807, 2.05) is 0 Å². The van der Waals surface area contributed by atoms with E-state index in [0.717, 1.165) is 0 Å². The zero-order valence-electron chi connectivity index (χ0n) is 20.6. The van der Waals surface area contributed by atoms with Gasteiger partial charge < -0.3 is 14.2 Å². The van der Waals surface area contributed by atoms with Crippen LogP contribution in [0.1, 0.15) is 63.9 Å². The van der Waals surface area contributed by atoms with Gasteiger partial charge >= 0.3 is 12.4 Å². The van der Waals surface area contributed by atoms with Crippen LogP contribution in [0, 0.1) is 0 Å². The fraction of sp³-hybridized carbons (Fsp3) is 0.440. The lowest BCUT2D eigenvalue weighted by molar-refractivity contribution is -0.143. The summed E-state index contributed by atoms with van der Waals surface area (Å²) in [6, 6.07) is 3.82. The van der Waals surface area contributed by atoms with Gasteiger partial charge in [-0.15, -0.1) is 0 Å². The lowest BCUT2D eigenvalue weighted by Gasteiger charge is -2.35. The summed E-state index contributed by atoms with van der Waals surface area (Å²) in [5.41, 5.74) is -6.81. The number of ketones is 1. The lowest BCUT2D eigenvalue weighted by atomic mass is 9.80. The first-order valence-electron chi connectivity index (χ1n) is 11.4. The highest BCUT2D eigenvalue weighted by Crippen LogP contribution is 2.56. The third-order valence-corrected chi connectivity index (χ3v) is 8.53. The van der Waals surface area contributed by atoms with Crippen molar-refractivity contribution in [1.82, 2.24) is 0 Å². The largest absolute Gasteiger partial charge is 0.496 e. The van der Waals surface area contributed by atoms with Crippen molar-refractivity contribution in [3.8, 4) is 17.2 Å². The number of hydrogen-bond acceptors (Lipinski definition) is 6. The van der Waals surface area contributed by atoms with E-state index in [-0.39, 0.29) is 48.5 Å². The molecule has 6 nitrogen and oxygen atoms in total. The van der Waals surface area contributed by atoms with E-state index >= 15 is 0 Å². The van der Waals surface area contributed by atoms with Crippen LogP contribution in [0.25, 0.3) is 0 Å². The van der Waals surface area contributed by atoms with Crippen molar-refractivity contribution in [2.24, 2.45) is 0 Å². The molecular formula is C25H24F6O6P. The van der Waals surface area contributed by atoms with Crippen LogP contribution in [0.15, 0.2) is 30.3 Å². The minimum absolute atomic E-state index is 0.153. The number of alkyl halides is 6. The molecule has 2 aromatic rings. The SMILES string of the molecule is COc1cc(OC)c(C(=O)[P](=O)C2(C(=O)c3c(C(F)(F)F)cccc3C(F)(F)F)CCCCC2)c(OC)c1. The Hall–Kier alpha value is -3.14. The van der Waals surface area contributed by atoms with Crippen molar-refractivity contribution in [2.45, 2.75) is 49.6 Å². The van der Waals surface area contributed by atoms with E-state index in [1.165, 1.54) is 33.5 Å². The summed E-state index contributed by atoms with van der Waals surface area (Å²) in [6.07, 6.45) is -10.5. The van der Waals surface area contributed by atoms with Gasteiger partial charge in [0.2, 0.25) is 5.52 Å². The van der Waals surface area contributed by atoms with Gasteiger partial charge in [0.1, 0.15) is 28.0 Å². The first kappa shape index (κ1) is 29.4. The highest BCUT2D eigenvalue weighted by Gasteiger charge is 2.54. The quantitative estimate of drug-likeness (QED) is 0.190. The van der Waals surface area contributed by atoms with Crippen LogP contribution in [0.2, 0.25) is 0 Å². The van der Waals surface area contributed by atoms with Crippen LogP contribution < -0.4 is 14.2 Å². The van der Waals surface area contributed by atoms with Crippen molar-refractivity contribution >= 4 is 19.1 Å². The summed E-state index contributed by atoms with van der Waals surface area (Å²) < 4.78 is 113. The lowest BCUT2D eigenvalue weighted by Crippen LogP contribution is -2.41. The van der Waals surface area contributed by atoms with Gasteiger partial charge in [-0.25, -0.2) is 0 Å². The monoisotopic (exact) mass is 565 g/mol. The Morgan fingerprint density at radius 1 is 0.789 bits per heavy atom. The van der Waals surface area contributed by atoms with Gasteiger partial charge in [0.05, 0.1) is 32.5 Å². The highest BCUT2D eigenvalue weighted by molar-refractivity contribution is 7.67. The summed E-state index contributed by atoms with van der Waals surface area (Å²) >= 11 is 0. The number of halogens is 6. The molecule has 0 heterocycles. The second-order valence-electron chi connectivity index (χ2n) is 8.65. The van der Waals surface area contributed by atoms with E-state index in [2.05, 4.69) is 0 Å². The Bertz CT molecular complexity index is 1190. The number of carbonyl (C=O) groups excluding carboxylic acids is 2. The van der Waals surface area contributed by atoms with Gasteiger partial charge in [0.15, 0.2) is 13.6 Å². The van der Waals surface area contributed by atoms with E-state index in [9.17, 15) is 40.5 Å². The number of Topliss-reactive ketones (excluding diaryl/α,β-unsaturated/α-hetero) is 1. The zero-order chi connectivity index (χ0) is 28.5. The number of hydrogen-bond donors (Lipinski definition) is 0. The van der Waals surface area contributed by atoms with Gasteiger partial charge in [-0.05, 0) is 25.0 Å². The second kappa shape index (κ2) is 10.9. The molecule has 0 bridgehead atoms. The van der Waals surface area contributed by atoms with Crippen molar-refractivity contribution < 1.29 is 54.7 Å². The van der Waals surface area contributed by atoms with Crippen LogP contribution >= 0.6 is 7.80 Å². The molecule has 1 atom stereocenters. The number of carbonyl (C=O) groups is 2. The van der Waals surface area contributed by atoms with Crippen molar-refractivity contribution in [2.75, 3.05) is 21.3 Å². The van der Waals surface area contributed by atoms with E-state index in [4.69, 9.17) is 14.2 Å². The molecule has 13 heteroatoms. The second-order valence-corrected chi connectivity index (χ2v) is 10.5. The molecule has 0 saturated heterocycles. The predicted octanol–water partition coefficient (Wildman–Crippen LogP) is 7.30. The van der Waals surface area contributed by atoms with Crippen molar-refractivity contribution in [3.63, 3.8) is 0 Å². The summed E-state index contributed by atoms with van der Waals surface area (Å²) in [7, 11) is 0.288. The molecule has 1 unspecified atom stereocenters. The molecule has 0 N–H and O–H groups in total. The molecule has 38 heavy (non-hydrogen) atoms. The van der Waals surface area contributed by atoms with Gasteiger partial charge in [0.25, 0.3) is 0 Å². The Kier molecular flexibility index (Phi) is 8.45. The molecule has 1 aliphatic carbocycles. The Balaban J connectivity index is 2.26. The van der Waals surface area contributed by atoms with Crippen LogP contribution in [-0.2, 0) is 16.9 Å². The van der Waals surface area contributed by atoms with Gasteiger partial charge in [-0.3, -0.25) is 14.2 Å². The average molecular weight is 565 g/mol. The summed E-state index contributed by atoms with van der Waals surface area (Å²) in [6.45, 7) is 0. The summed E-state index contributed by atoms with van der Waals surface area (Å²) in [4.78, 5) is 27.5. The molecule has 0 amide bonds. The Morgan fingerprint density at radius 3 is 1.66 bits per heavy atom. The fourth-order valence-electron chi connectivity index (χ4n) is 4.67. The normalized spacial score (nSPS) is 16.0. The maximum atomic E-state index is 13.9. The first-order valence-corrected chi connectivity index (χ1v) is 12.6. The molecule has 1 fully saturated rings. The van der Waals surface area contributed by atoms with Crippen molar-refractivity contribution in [1.29, 1.82) is 0 Å². The van der Waals surface area contributed by atoms with Crippen LogP contribution in [0.3, 0.4) is 0 Å². The van der Waals surface area contributed by atoms with Gasteiger partial charge in [-0.1, -0.05) is 25.3 Å². The molecule has 2 aromatic carbocycles. The summed E-state index contributed by atoms with van der Waals surface area (Å²) in [5.74, 6) is -1.74. The molecule has 207 valence electrons. The number of rotatable bonds is 8. The molecule has 1 aliphatic rings. The third kappa shape index (κ3) is 5.36. The Labute approximate surface area is 215 Å². The predicted molar refractivity (Wildman–Crippen MR) is 125 cm³/mol. The summed E-state index contributed by atoms with van der Waals surface area (Å²) in [5, 5.41) is -2.30. The zero-order valence-corrected chi connectivity index (χ0v) is 21.5. The number of ether oxygens (including phenoxy) is 3. The molecule has 3 rings (SSSR count). The van der Waals surface area contributed by atoms with E-state index in [0.29, 0.717) is 24.6 Å². The molecule has 0 spiro atoms. The Morgan fingerprint density at radius 2 is 1.26 bits per heavy atom. The van der Waals surface area contributed by atoms with Gasteiger partial charge in [-0.2, -0.15) is 26.3 Å². The van der Waals surface area contributed by atoms with Crippen LogP contribution in [-0.4, -0.2) is 37.8 Å². The maximum absolute atomic E-state index is 13.9. The standard InChI is InChI=1S/C25H24F6O6P/c1-35-14-12-17(36-2)20(18(13-14)37-3)22(33)38(34)23(10-5-4-6-11-23)21(32)19-15(24(26,27)28)8-7-9-16(19)25(29,30)31/h7-9,12-13H,4-6,10-11H2,1-3H3. The maximum Gasteiger partial charge on any atom is 0.417 e. The molecule has 0 aliphatic heterocycles. The minimum Gasteiger partial charge on any atom is -0.496 e. The number of methoxy groups -OCH3 is 3. The van der Waals surface area contributed by atoms with E-state index in [1.54, 1.807) is 0 Å². The van der Waals surface area contributed by atoms with Crippen LogP contribution in [0.5, 0.6) is 17.2 Å². The van der Waals surface area contributed by atoms with Gasteiger partial charge in [0, 0.05) is 17.7 Å². The van der Waals surface area contributed by atoms with E-state index < -0.39 is 53.3 Å². The topological polar surface area (TPSA) is 78.9 Å². The minimum atomic E-state index is -5.32. The smallest absolute Gasteiger partial charge is 0.417 e. The third-order valence-electron chi connectivity index (χ3n) is 6.51. The highest BCUT2D eigenvalue weighted by atomic mass is 31.1. The fourth-order valence-corrected chi connectivity index (χ4v) is 6.50. The molecular weight excluding hydrogens is 541 g/mol. The molecule has 0 aromatic heterocycles. The average Bonchev–Trinajstić information content (AvgIpc) is 2.89. The first-order chi connectivity index (χ1) is 17.7. The van der Waals surface area contributed by atoms with Crippen molar-refractivity contribution in [3.05, 3.63) is 52.6 Å². The molecule has 1 radical (unpaired) electrons. The number of benzene rings is 2. The molecule has 1 saturated carbocycles.